The summed E-state index contributed by atoms with van der Waals surface area (Å²) in [5.74, 6) is -0.814. The number of hydrogen-bond donors (Lipinski definition) is 1. The second kappa shape index (κ2) is 6.64. The Labute approximate surface area is 105 Å². The minimum Gasteiger partial charge on any atom is -0.496 e. The first-order valence-corrected chi connectivity index (χ1v) is 5.64. The Bertz CT molecular complexity index is 439. The molecule has 1 N–H and O–H groups in total. The number of carboxylic acid groups (broad SMARTS) is 1. The van der Waals surface area contributed by atoms with Crippen LogP contribution in [0.5, 0.6) is 5.75 Å². The second-order valence-corrected chi connectivity index (χ2v) is 3.64. The minimum absolute atomic E-state index is 0.159. The Balaban J connectivity index is 2.76. The molecule has 0 heterocycles. The lowest BCUT2D eigenvalue weighted by molar-refractivity contribution is -0.143. The molecule has 0 aromatic heterocycles. The van der Waals surface area contributed by atoms with Gasteiger partial charge >= 0.3 is 11.9 Å². The van der Waals surface area contributed by atoms with E-state index in [1.165, 1.54) is 19.2 Å². The van der Waals surface area contributed by atoms with Gasteiger partial charge in [0.05, 0.1) is 19.3 Å². The van der Waals surface area contributed by atoms with Gasteiger partial charge in [0.1, 0.15) is 5.75 Å². The third-order valence-electron chi connectivity index (χ3n) is 2.44. The molecule has 0 atom stereocenters. The summed E-state index contributed by atoms with van der Waals surface area (Å²) in [6, 6.07) is 4.59. The zero-order valence-corrected chi connectivity index (χ0v) is 10.4. The van der Waals surface area contributed by atoms with E-state index in [0.29, 0.717) is 18.8 Å². The number of aromatic carboxylic acids is 1. The van der Waals surface area contributed by atoms with E-state index in [2.05, 4.69) is 0 Å². The summed E-state index contributed by atoms with van der Waals surface area (Å²) in [7, 11) is 1.47. The van der Waals surface area contributed by atoms with Crippen LogP contribution < -0.4 is 4.74 Å². The molecule has 0 aliphatic rings. The lowest BCUT2D eigenvalue weighted by Crippen LogP contribution is -2.06. The maximum absolute atomic E-state index is 11.2. The van der Waals surface area contributed by atoms with E-state index in [1.807, 2.05) is 0 Å². The standard InChI is InChI=1S/C13H16O5/c1-3-18-12(14)7-6-9-4-5-10(13(15)16)8-11(9)17-2/h4-5,8H,3,6-7H2,1-2H3,(H,15,16). The van der Waals surface area contributed by atoms with Crippen molar-refractivity contribution < 1.29 is 24.2 Å². The highest BCUT2D eigenvalue weighted by molar-refractivity contribution is 5.88. The van der Waals surface area contributed by atoms with Crippen molar-refractivity contribution in [2.75, 3.05) is 13.7 Å². The normalized spacial score (nSPS) is 9.89. The Morgan fingerprint density at radius 1 is 1.33 bits per heavy atom. The molecule has 1 aromatic carbocycles. The van der Waals surface area contributed by atoms with Crippen LogP contribution in [0.1, 0.15) is 29.3 Å². The zero-order chi connectivity index (χ0) is 13.5. The Hall–Kier alpha value is -2.04. The number of aryl methyl sites for hydroxylation is 1. The van der Waals surface area contributed by atoms with Crippen molar-refractivity contribution in [3.63, 3.8) is 0 Å². The highest BCUT2D eigenvalue weighted by Gasteiger charge is 2.10. The summed E-state index contributed by atoms with van der Waals surface area (Å²) >= 11 is 0. The second-order valence-electron chi connectivity index (χ2n) is 3.64. The van der Waals surface area contributed by atoms with Crippen molar-refractivity contribution in [1.82, 2.24) is 0 Å². The van der Waals surface area contributed by atoms with Crippen molar-refractivity contribution in [2.45, 2.75) is 19.8 Å². The molecule has 0 saturated heterocycles. The molecular weight excluding hydrogens is 236 g/mol. The predicted octanol–water partition coefficient (Wildman–Crippen LogP) is 1.89. The number of benzene rings is 1. The third-order valence-corrected chi connectivity index (χ3v) is 2.44. The fraction of sp³-hybridized carbons (Fsp3) is 0.385. The van der Waals surface area contributed by atoms with Crippen LogP contribution >= 0.6 is 0 Å². The van der Waals surface area contributed by atoms with Crippen LogP contribution in [0.15, 0.2) is 18.2 Å². The third kappa shape index (κ3) is 3.76. The number of esters is 1. The molecule has 0 spiro atoms. The van der Waals surface area contributed by atoms with Crippen LogP contribution in [-0.4, -0.2) is 30.8 Å². The molecule has 0 aliphatic carbocycles. The van der Waals surface area contributed by atoms with E-state index in [4.69, 9.17) is 14.6 Å². The molecule has 0 aliphatic heterocycles. The van der Waals surface area contributed by atoms with Gasteiger partial charge in [0.2, 0.25) is 0 Å². The fourth-order valence-corrected chi connectivity index (χ4v) is 1.55. The summed E-state index contributed by atoms with van der Waals surface area (Å²) in [4.78, 5) is 22.0. The molecule has 1 rings (SSSR count). The number of carbonyl (C=O) groups excluding carboxylic acids is 1. The maximum Gasteiger partial charge on any atom is 0.335 e. The topological polar surface area (TPSA) is 72.8 Å². The molecule has 1 aromatic rings. The van der Waals surface area contributed by atoms with E-state index < -0.39 is 5.97 Å². The van der Waals surface area contributed by atoms with Gasteiger partial charge < -0.3 is 14.6 Å². The van der Waals surface area contributed by atoms with Crippen LogP contribution in [0.2, 0.25) is 0 Å². The van der Waals surface area contributed by atoms with Crippen molar-refractivity contribution in [2.24, 2.45) is 0 Å². The summed E-state index contributed by atoms with van der Waals surface area (Å²) in [6.07, 6.45) is 0.707. The first-order chi connectivity index (χ1) is 8.58. The SMILES string of the molecule is CCOC(=O)CCc1ccc(C(=O)O)cc1OC. The molecule has 98 valence electrons. The van der Waals surface area contributed by atoms with E-state index in [-0.39, 0.29) is 18.0 Å². The smallest absolute Gasteiger partial charge is 0.335 e. The van der Waals surface area contributed by atoms with E-state index in [1.54, 1.807) is 13.0 Å². The molecule has 0 fully saturated rings. The summed E-state index contributed by atoms with van der Waals surface area (Å²) in [5.41, 5.74) is 0.947. The number of carbonyl (C=O) groups is 2. The monoisotopic (exact) mass is 252 g/mol. The van der Waals surface area contributed by atoms with Gasteiger partial charge in [-0.25, -0.2) is 4.79 Å². The molecule has 0 unspecified atom stereocenters. The van der Waals surface area contributed by atoms with E-state index in [9.17, 15) is 9.59 Å². The maximum atomic E-state index is 11.2. The molecule has 5 nitrogen and oxygen atoms in total. The van der Waals surface area contributed by atoms with Crippen LogP contribution in [-0.2, 0) is 16.0 Å². The van der Waals surface area contributed by atoms with Gasteiger partial charge in [0, 0.05) is 6.42 Å². The number of hydrogen-bond acceptors (Lipinski definition) is 4. The Kier molecular flexibility index (Phi) is 5.17. The van der Waals surface area contributed by atoms with Crippen molar-refractivity contribution >= 4 is 11.9 Å². The van der Waals surface area contributed by atoms with Gasteiger partial charge in [-0.05, 0) is 31.0 Å². The van der Waals surface area contributed by atoms with Gasteiger partial charge in [-0.1, -0.05) is 6.07 Å². The Morgan fingerprint density at radius 2 is 2.06 bits per heavy atom. The van der Waals surface area contributed by atoms with Gasteiger partial charge in [-0.2, -0.15) is 0 Å². The summed E-state index contributed by atoms with van der Waals surface area (Å²) < 4.78 is 9.94. The molecule has 0 saturated carbocycles. The van der Waals surface area contributed by atoms with Crippen molar-refractivity contribution in [3.8, 4) is 5.75 Å². The van der Waals surface area contributed by atoms with Gasteiger partial charge in [0.15, 0.2) is 0 Å². The van der Waals surface area contributed by atoms with Crippen LogP contribution in [0.3, 0.4) is 0 Å². The van der Waals surface area contributed by atoms with Crippen molar-refractivity contribution in [1.29, 1.82) is 0 Å². The molecular formula is C13H16O5. The average molecular weight is 252 g/mol. The highest BCUT2D eigenvalue weighted by Crippen LogP contribution is 2.21. The summed E-state index contributed by atoms with van der Waals surface area (Å²) in [6.45, 7) is 2.11. The van der Waals surface area contributed by atoms with Gasteiger partial charge in [-0.15, -0.1) is 0 Å². The number of rotatable bonds is 6. The van der Waals surface area contributed by atoms with Crippen molar-refractivity contribution in [3.05, 3.63) is 29.3 Å². The number of ether oxygens (including phenoxy) is 2. The largest absolute Gasteiger partial charge is 0.496 e. The predicted molar refractivity (Wildman–Crippen MR) is 64.9 cm³/mol. The van der Waals surface area contributed by atoms with Crippen LogP contribution in [0.25, 0.3) is 0 Å². The van der Waals surface area contributed by atoms with Crippen LogP contribution in [0.4, 0.5) is 0 Å². The molecule has 0 bridgehead atoms. The molecule has 0 amide bonds. The lowest BCUT2D eigenvalue weighted by Gasteiger charge is -2.09. The first kappa shape index (κ1) is 14.0. The number of carboxylic acids is 1. The first-order valence-electron chi connectivity index (χ1n) is 5.64. The van der Waals surface area contributed by atoms with Gasteiger partial charge in [0.25, 0.3) is 0 Å². The molecule has 0 radical (unpaired) electrons. The van der Waals surface area contributed by atoms with E-state index >= 15 is 0 Å². The lowest BCUT2D eigenvalue weighted by atomic mass is 10.1. The van der Waals surface area contributed by atoms with Gasteiger partial charge in [-0.3, -0.25) is 4.79 Å². The number of methoxy groups -OCH3 is 1. The average Bonchev–Trinajstić information content (AvgIpc) is 2.36. The summed E-state index contributed by atoms with van der Waals surface area (Å²) in [5, 5.41) is 8.85. The zero-order valence-electron chi connectivity index (χ0n) is 10.4. The fourth-order valence-electron chi connectivity index (χ4n) is 1.55. The van der Waals surface area contributed by atoms with Crippen LogP contribution in [0, 0.1) is 0 Å². The highest BCUT2D eigenvalue weighted by atomic mass is 16.5. The Morgan fingerprint density at radius 3 is 2.61 bits per heavy atom. The quantitative estimate of drug-likeness (QED) is 0.783. The molecule has 5 heteroatoms. The van der Waals surface area contributed by atoms with E-state index in [0.717, 1.165) is 5.56 Å². The molecule has 18 heavy (non-hydrogen) atoms. The minimum atomic E-state index is -1.01.